The first-order valence-corrected chi connectivity index (χ1v) is 7.46. The molecule has 2 aromatic carbocycles. The molecule has 1 heterocycles. The zero-order valence-corrected chi connectivity index (χ0v) is 12.9. The highest BCUT2D eigenvalue weighted by Crippen LogP contribution is 2.32. The molecule has 0 radical (unpaired) electrons. The summed E-state index contributed by atoms with van der Waals surface area (Å²) in [5.74, 6) is -1.42. The molecule has 5 nitrogen and oxygen atoms in total. The predicted octanol–water partition coefficient (Wildman–Crippen LogP) is 3.93. The summed E-state index contributed by atoms with van der Waals surface area (Å²) in [5, 5.41) is 20.1. The number of aromatic amines is 1. The number of nitrogens with one attached hydrogen (secondary N) is 2. The van der Waals surface area contributed by atoms with E-state index in [1.807, 2.05) is 24.3 Å². The van der Waals surface area contributed by atoms with Crippen molar-refractivity contribution >= 4 is 22.6 Å². The molecule has 1 aromatic heterocycles. The monoisotopic (exact) mass is 349 g/mol. The molecule has 0 amide bonds. The number of H-pyrrole nitrogens is 1. The Morgan fingerprint density at radius 2 is 1.96 bits per heavy atom. The van der Waals surface area contributed by atoms with Gasteiger partial charge in [0.15, 0.2) is 0 Å². The molecule has 0 fully saturated rings. The third-order valence-corrected chi connectivity index (χ3v) is 3.81. The number of carboxylic acids is 1. The Hall–Kier alpha value is -3.03. The topological polar surface area (TPSA) is 78.0 Å². The molecule has 3 N–H and O–H groups in total. The third-order valence-electron chi connectivity index (χ3n) is 3.81. The van der Waals surface area contributed by atoms with Crippen LogP contribution in [0.15, 0.2) is 42.5 Å². The van der Waals surface area contributed by atoms with Crippen molar-refractivity contribution in [2.45, 2.75) is 12.6 Å². The minimum atomic E-state index is -4.59. The number of para-hydroxylation sites is 1. The highest BCUT2D eigenvalue weighted by molar-refractivity contribution is 5.94. The van der Waals surface area contributed by atoms with Crippen LogP contribution < -0.4 is 5.32 Å². The molecule has 0 aliphatic rings. The maximum absolute atomic E-state index is 12.7. The van der Waals surface area contributed by atoms with E-state index in [1.54, 1.807) is 0 Å². The number of hydrogen-bond acceptors (Lipinski definition) is 3. The van der Waals surface area contributed by atoms with Crippen molar-refractivity contribution in [1.82, 2.24) is 10.2 Å². The van der Waals surface area contributed by atoms with Gasteiger partial charge < -0.3 is 10.4 Å². The second-order valence-electron chi connectivity index (χ2n) is 5.46. The van der Waals surface area contributed by atoms with E-state index in [0.29, 0.717) is 19.0 Å². The number of fused-ring (bicyclic) bond motifs is 1. The van der Waals surface area contributed by atoms with Gasteiger partial charge >= 0.3 is 12.1 Å². The number of benzene rings is 2. The molecule has 8 heteroatoms. The summed E-state index contributed by atoms with van der Waals surface area (Å²) < 4.78 is 38.2. The van der Waals surface area contributed by atoms with E-state index >= 15 is 0 Å². The van der Waals surface area contributed by atoms with Crippen molar-refractivity contribution in [1.29, 1.82) is 0 Å². The molecule has 130 valence electrons. The zero-order valence-electron chi connectivity index (χ0n) is 12.9. The minimum Gasteiger partial charge on any atom is -0.478 e. The average Bonchev–Trinajstić information content (AvgIpc) is 2.97. The van der Waals surface area contributed by atoms with Crippen LogP contribution in [0, 0.1) is 0 Å². The van der Waals surface area contributed by atoms with E-state index in [9.17, 15) is 18.0 Å². The number of carboxylic acid groups (broad SMARTS) is 1. The van der Waals surface area contributed by atoms with Gasteiger partial charge in [0.05, 0.1) is 16.6 Å². The van der Waals surface area contributed by atoms with Crippen molar-refractivity contribution in [2.75, 3.05) is 11.9 Å². The fraction of sp³-hybridized carbons (Fsp3) is 0.176. The van der Waals surface area contributed by atoms with Crippen LogP contribution in [0.3, 0.4) is 0 Å². The van der Waals surface area contributed by atoms with Crippen LogP contribution >= 0.6 is 0 Å². The number of aromatic carboxylic acids is 1. The number of anilines is 1. The van der Waals surface area contributed by atoms with Gasteiger partial charge in [-0.25, -0.2) is 4.79 Å². The van der Waals surface area contributed by atoms with Gasteiger partial charge in [-0.2, -0.15) is 18.3 Å². The van der Waals surface area contributed by atoms with Gasteiger partial charge in [-0.3, -0.25) is 5.10 Å². The molecule has 0 bridgehead atoms. The van der Waals surface area contributed by atoms with Gasteiger partial charge in [0.2, 0.25) is 0 Å². The SMILES string of the molecule is O=C(O)c1cc(C(F)(F)F)ccc1NCCc1[nH]nc2ccccc12. The average molecular weight is 349 g/mol. The number of carbonyl (C=O) groups is 1. The largest absolute Gasteiger partial charge is 0.478 e. The van der Waals surface area contributed by atoms with Crippen LogP contribution in [0.1, 0.15) is 21.6 Å². The lowest BCUT2D eigenvalue weighted by molar-refractivity contribution is -0.137. The molecule has 3 rings (SSSR count). The van der Waals surface area contributed by atoms with Crippen LogP contribution in [-0.2, 0) is 12.6 Å². The van der Waals surface area contributed by atoms with Crippen LogP contribution in [0.25, 0.3) is 10.9 Å². The summed E-state index contributed by atoms with van der Waals surface area (Å²) in [6.45, 7) is 0.345. The summed E-state index contributed by atoms with van der Waals surface area (Å²) in [6.07, 6.45) is -4.07. The van der Waals surface area contributed by atoms with E-state index in [1.165, 1.54) is 0 Å². The van der Waals surface area contributed by atoms with Crippen molar-refractivity contribution in [3.8, 4) is 0 Å². The lowest BCUT2D eigenvalue weighted by Crippen LogP contribution is -2.12. The molecule has 0 atom stereocenters. The molecular weight excluding hydrogens is 335 g/mol. The van der Waals surface area contributed by atoms with E-state index in [0.717, 1.165) is 28.7 Å². The zero-order chi connectivity index (χ0) is 18.0. The summed E-state index contributed by atoms with van der Waals surface area (Å²) in [7, 11) is 0. The Balaban J connectivity index is 1.75. The second kappa shape index (κ2) is 6.46. The van der Waals surface area contributed by atoms with Gasteiger partial charge in [-0.1, -0.05) is 18.2 Å². The van der Waals surface area contributed by atoms with Crippen LogP contribution in [-0.4, -0.2) is 27.8 Å². The van der Waals surface area contributed by atoms with Crippen LogP contribution in [0.2, 0.25) is 0 Å². The molecule has 0 spiro atoms. The molecule has 25 heavy (non-hydrogen) atoms. The second-order valence-corrected chi connectivity index (χ2v) is 5.46. The third kappa shape index (κ3) is 3.57. The first-order chi connectivity index (χ1) is 11.9. The molecule has 0 unspecified atom stereocenters. The van der Waals surface area contributed by atoms with E-state index in [4.69, 9.17) is 5.11 Å². The quantitative estimate of drug-likeness (QED) is 0.652. The van der Waals surface area contributed by atoms with Crippen LogP contribution in [0.4, 0.5) is 18.9 Å². The first-order valence-electron chi connectivity index (χ1n) is 7.46. The summed E-state index contributed by atoms with van der Waals surface area (Å²) in [5.41, 5.74) is 0.425. The summed E-state index contributed by atoms with van der Waals surface area (Å²) in [4.78, 5) is 11.2. The van der Waals surface area contributed by atoms with Gasteiger partial charge in [0, 0.05) is 29.7 Å². The smallest absolute Gasteiger partial charge is 0.416 e. The number of hydrogen-bond donors (Lipinski definition) is 3. The maximum Gasteiger partial charge on any atom is 0.416 e. The molecule has 0 saturated carbocycles. The lowest BCUT2D eigenvalue weighted by atomic mass is 10.1. The number of alkyl halides is 3. The van der Waals surface area contributed by atoms with Crippen molar-refractivity contribution in [3.05, 3.63) is 59.3 Å². The Morgan fingerprint density at radius 1 is 1.20 bits per heavy atom. The van der Waals surface area contributed by atoms with E-state index < -0.39 is 23.3 Å². The Morgan fingerprint density at radius 3 is 2.68 bits per heavy atom. The Bertz CT molecular complexity index is 919. The van der Waals surface area contributed by atoms with Crippen LogP contribution in [0.5, 0.6) is 0 Å². The summed E-state index contributed by atoms with van der Waals surface area (Å²) >= 11 is 0. The first kappa shape index (κ1) is 16.8. The molecule has 0 aliphatic carbocycles. The van der Waals surface area contributed by atoms with Gasteiger partial charge in [-0.15, -0.1) is 0 Å². The van der Waals surface area contributed by atoms with E-state index in [2.05, 4.69) is 15.5 Å². The maximum atomic E-state index is 12.7. The number of halogens is 3. The normalized spacial score (nSPS) is 11.6. The van der Waals surface area contributed by atoms with Crippen molar-refractivity contribution in [2.24, 2.45) is 0 Å². The van der Waals surface area contributed by atoms with Gasteiger partial charge in [0.1, 0.15) is 0 Å². The van der Waals surface area contributed by atoms with Gasteiger partial charge in [0.25, 0.3) is 0 Å². The fourth-order valence-corrected chi connectivity index (χ4v) is 2.58. The van der Waals surface area contributed by atoms with Crippen molar-refractivity contribution in [3.63, 3.8) is 0 Å². The molecule has 3 aromatic rings. The highest BCUT2D eigenvalue weighted by atomic mass is 19.4. The molecule has 0 saturated heterocycles. The van der Waals surface area contributed by atoms with E-state index in [-0.39, 0.29) is 5.69 Å². The standard InChI is InChI=1S/C17H14F3N3O2/c18-17(19,20)10-5-6-13(12(9-10)16(24)25)21-8-7-15-11-3-1-2-4-14(11)22-23-15/h1-6,9,21H,7-8H2,(H,22,23)(H,24,25). The Labute approximate surface area is 140 Å². The minimum absolute atomic E-state index is 0.143. The Kier molecular flexibility index (Phi) is 4.35. The molecule has 0 aliphatic heterocycles. The number of aromatic nitrogens is 2. The molecular formula is C17H14F3N3O2. The highest BCUT2D eigenvalue weighted by Gasteiger charge is 2.31. The number of rotatable bonds is 5. The van der Waals surface area contributed by atoms with Gasteiger partial charge in [-0.05, 0) is 24.3 Å². The fourth-order valence-electron chi connectivity index (χ4n) is 2.58. The van der Waals surface area contributed by atoms with Crippen molar-refractivity contribution < 1.29 is 23.1 Å². The number of nitrogens with zero attached hydrogens (tertiary/aromatic N) is 1. The summed E-state index contributed by atoms with van der Waals surface area (Å²) in [6, 6.07) is 10.2. The lowest BCUT2D eigenvalue weighted by Gasteiger charge is -2.12. The predicted molar refractivity (Wildman–Crippen MR) is 86.7 cm³/mol.